The van der Waals surface area contributed by atoms with Gasteiger partial charge in [-0.15, -0.1) is 11.8 Å². The number of fused-ring (bicyclic) bond motifs is 1. The van der Waals surface area contributed by atoms with E-state index in [1.807, 2.05) is 24.4 Å². The molecule has 32 heavy (non-hydrogen) atoms. The van der Waals surface area contributed by atoms with Crippen molar-refractivity contribution in [3.05, 3.63) is 65.4 Å². The number of benzene rings is 2. The number of hydrogen-bond acceptors (Lipinski definition) is 4. The molecule has 0 saturated heterocycles. The zero-order valence-corrected chi connectivity index (χ0v) is 18.1. The topological polar surface area (TPSA) is 66.5 Å². The number of methoxy groups -OCH3 is 1. The highest BCUT2D eigenvalue weighted by Crippen LogP contribution is 2.30. The van der Waals surface area contributed by atoms with Gasteiger partial charge < -0.3 is 15.0 Å². The van der Waals surface area contributed by atoms with Crippen LogP contribution in [0.4, 0.5) is 13.2 Å². The smallest absolute Gasteiger partial charge is 0.416 e. The van der Waals surface area contributed by atoms with Crippen molar-refractivity contribution in [3.8, 4) is 5.75 Å². The number of carbonyl (C=O) groups excluding carboxylic acids is 1. The van der Waals surface area contributed by atoms with Crippen molar-refractivity contribution in [1.29, 1.82) is 0 Å². The van der Waals surface area contributed by atoms with Crippen molar-refractivity contribution in [1.82, 2.24) is 10.3 Å². The SMILES string of the molecule is COc1ccc2[nH]cc(CCNC(=O)[C@@H]3CSC(Cc4ccc(C(F)(F)F)cc4)=N3)c2c1. The molecular weight excluding hydrogens is 439 g/mol. The Bertz CT molecular complexity index is 1140. The summed E-state index contributed by atoms with van der Waals surface area (Å²) in [5, 5.41) is 4.76. The predicted octanol–water partition coefficient (Wildman–Crippen LogP) is 4.61. The molecule has 2 heterocycles. The van der Waals surface area contributed by atoms with Crippen molar-refractivity contribution >= 4 is 33.6 Å². The molecule has 2 aromatic carbocycles. The molecule has 168 valence electrons. The molecule has 0 saturated carbocycles. The summed E-state index contributed by atoms with van der Waals surface area (Å²) in [6.07, 6.45) is -1.33. The first-order valence-corrected chi connectivity index (χ1v) is 11.1. The minimum absolute atomic E-state index is 0.141. The van der Waals surface area contributed by atoms with Crippen LogP contribution >= 0.6 is 11.8 Å². The largest absolute Gasteiger partial charge is 0.497 e. The van der Waals surface area contributed by atoms with Crippen LogP contribution in [-0.4, -0.2) is 41.4 Å². The third-order valence-corrected chi connectivity index (χ3v) is 6.38. The van der Waals surface area contributed by atoms with E-state index in [1.165, 1.54) is 23.9 Å². The van der Waals surface area contributed by atoms with Gasteiger partial charge in [-0.3, -0.25) is 9.79 Å². The summed E-state index contributed by atoms with van der Waals surface area (Å²) in [6.45, 7) is 0.480. The lowest BCUT2D eigenvalue weighted by Gasteiger charge is -2.08. The van der Waals surface area contributed by atoms with Crippen molar-refractivity contribution in [2.45, 2.75) is 25.1 Å². The second-order valence-corrected chi connectivity index (χ2v) is 8.58. The van der Waals surface area contributed by atoms with Gasteiger partial charge in [0.2, 0.25) is 5.91 Å². The van der Waals surface area contributed by atoms with Gasteiger partial charge in [0.1, 0.15) is 11.8 Å². The van der Waals surface area contributed by atoms with Crippen molar-refractivity contribution in [2.24, 2.45) is 4.99 Å². The second kappa shape index (κ2) is 9.28. The molecule has 1 amide bonds. The average Bonchev–Trinajstić information content (AvgIpc) is 3.40. The molecule has 0 unspecified atom stereocenters. The molecule has 9 heteroatoms. The van der Waals surface area contributed by atoms with E-state index in [2.05, 4.69) is 15.3 Å². The van der Waals surface area contributed by atoms with E-state index in [0.717, 1.165) is 45.0 Å². The maximum atomic E-state index is 12.7. The Kier molecular flexibility index (Phi) is 6.45. The number of H-pyrrole nitrogens is 1. The summed E-state index contributed by atoms with van der Waals surface area (Å²) in [4.78, 5) is 20.2. The molecular formula is C23H22F3N3O2S. The normalized spacial score (nSPS) is 16.2. The highest BCUT2D eigenvalue weighted by Gasteiger charge is 2.30. The van der Waals surface area contributed by atoms with Gasteiger partial charge in [0.05, 0.1) is 17.7 Å². The van der Waals surface area contributed by atoms with Crippen LogP contribution in [0.3, 0.4) is 0 Å². The summed E-state index contributed by atoms with van der Waals surface area (Å²) in [5.41, 5.74) is 2.16. The fraction of sp³-hybridized carbons (Fsp3) is 0.304. The lowest BCUT2D eigenvalue weighted by atomic mass is 10.1. The lowest BCUT2D eigenvalue weighted by molar-refractivity contribution is -0.137. The molecule has 4 rings (SSSR count). The third kappa shape index (κ3) is 5.09. The highest BCUT2D eigenvalue weighted by atomic mass is 32.2. The maximum Gasteiger partial charge on any atom is 0.416 e. The minimum atomic E-state index is -4.35. The number of carbonyl (C=O) groups is 1. The predicted molar refractivity (Wildman–Crippen MR) is 120 cm³/mol. The summed E-state index contributed by atoms with van der Waals surface area (Å²) < 4.78 is 43.3. The molecule has 0 fully saturated rings. The van der Waals surface area contributed by atoms with Gasteiger partial charge in [0.25, 0.3) is 0 Å². The lowest BCUT2D eigenvalue weighted by Crippen LogP contribution is -2.35. The fourth-order valence-corrected chi connectivity index (χ4v) is 4.62. The number of rotatable bonds is 7. The first-order chi connectivity index (χ1) is 15.3. The van der Waals surface area contributed by atoms with Crippen molar-refractivity contribution in [2.75, 3.05) is 19.4 Å². The van der Waals surface area contributed by atoms with Gasteiger partial charge in [-0.25, -0.2) is 0 Å². The highest BCUT2D eigenvalue weighted by molar-refractivity contribution is 8.14. The van der Waals surface area contributed by atoms with E-state index < -0.39 is 17.8 Å². The molecule has 0 spiro atoms. The van der Waals surface area contributed by atoms with Crippen molar-refractivity contribution < 1.29 is 22.7 Å². The third-order valence-electron chi connectivity index (χ3n) is 5.32. The maximum absolute atomic E-state index is 12.7. The summed E-state index contributed by atoms with van der Waals surface area (Å²) >= 11 is 1.47. The number of aliphatic imine (C=N–C) groups is 1. The monoisotopic (exact) mass is 461 g/mol. The van der Waals surface area contributed by atoms with Crippen molar-refractivity contribution in [3.63, 3.8) is 0 Å². The summed E-state index contributed by atoms with van der Waals surface area (Å²) in [5.74, 6) is 1.17. The molecule has 3 aromatic rings. The number of hydrogen-bond donors (Lipinski definition) is 2. The van der Waals surface area contributed by atoms with E-state index in [9.17, 15) is 18.0 Å². The Morgan fingerprint density at radius 3 is 2.75 bits per heavy atom. The van der Waals surface area contributed by atoms with Crippen LogP contribution in [-0.2, 0) is 23.8 Å². The van der Waals surface area contributed by atoms with Crippen LogP contribution < -0.4 is 10.1 Å². The summed E-state index contributed by atoms with van der Waals surface area (Å²) in [7, 11) is 1.62. The minimum Gasteiger partial charge on any atom is -0.497 e. The van der Waals surface area contributed by atoms with Crippen LogP contribution in [0.15, 0.2) is 53.7 Å². The number of aromatic amines is 1. The summed E-state index contributed by atoms with van der Waals surface area (Å²) in [6, 6.07) is 10.4. The molecule has 1 aliphatic heterocycles. The average molecular weight is 462 g/mol. The number of nitrogens with zero attached hydrogens (tertiary/aromatic N) is 1. The number of thioether (sulfide) groups is 1. The Morgan fingerprint density at radius 1 is 1.25 bits per heavy atom. The molecule has 0 aliphatic carbocycles. The molecule has 5 nitrogen and oxygen atoms in total. The number of alkyl halides is 3. The quantitative estimate of drug-likeness (QED) is 0.540. The van der Waals surface area contributed by atoms with E-state index in [1.54, 1.807) is 7.11 Å². The van der Waals surface area contributed by atoms with Crippen LogP contribution in [0.25, 0.3) is 10.9 Å². The second-order valence-electron chi connectivity index (χ2n) is 7.49. The first kappa shape index (κ1) is 22.3. The van der Waals surface area contributed by atoms with Gasteiger partial charge in [-0.2, -0.15) is 13.2 Å². The Balaban J connectivity index is 1.30. The van der Waals surface area contributed by atoms with Crippen LogP contribution in [0.5, 0.6) is 5.75 Å². The molecule has 2 N–H and O–H groups in total. The van der Waals surface area contributed by atoms with Gasteiger partial charge in [0, 0.05) is 35.8 Å². The number of halogens is 3. The Hall–Kier alpha value is -2.94. The first-order valence-electron chi connectivity index (χ1n) is 10.1. The standard InChI is InChI=1S/C23H22F3N3O2S/c1-31-17-6-7-19-18(11-17)15(12-28-19)8-9-27-22(30)20-13-32-21(29-20)10-14-2-4-16(5-3-14)23(24,25)26/h2-7,11-12,20,28H,8-10,13H2,1H3,(H,27,30)/t20-/m0/s1. The zero-order valence-electron chi connectivity index (χ0n) is 17.3. The fourth-order valence-electron chi connectivity index (χ4n) is 3.57. The van der Waals surface area contributed by atoms with Gasteiger partial charge in [-0.1, -0.05) is 12.1 Å². The Labute approximate surface area is 187 Å². The van der Waals surface area contributed by atoms with Gasteiger partial charge in [-0.05, 0) is 47.9 Å². The number of aromatic nitrogens is 1. The van der Waals surface area contributed by atoms with Gasteiger partial charge >= 0.3 is 6.18 Å². The van der Waals surface area contributed by atoms with E-state index in [-0.39, 0.29) is 5.91 Å². The van der Waals surface area contributed by atoms with E-state index in [0.29, 0.717) is 25.1 Å². The van der Waals surface area contributed by atoms with Gasteiger partial charge in [0.15, 0.2) is 0 Å². The van der Waals surface area contributed by atoms with Crippen LogP contribution in [0.2, 0.25) is 0 Å². The van der Waals surface area contributed by atoms with Crippen LogP contribution in [0, 0.1) is 0 Å². The number of nitrogens with one attached hydrogen (secondary N) is 2. The van der Waals surface area contributed by atoms with E-state index in [4.69, 9.17) is 4.74 Å². The van der Waals surface area contributed by atoms with E-state index >= 15 is 0 Å². The molecule has 0 bridgehead atoms. The molecule has 1 aliphatic rings. The Morgan fingerprint density at radius 2 is 2.03 bits per heavy atom. The van der Waals surface area contributed by atoms with Crippen LogP contribution in [0.1, 0.15) is 16.7 Å². The molecule has 0 radical (unpaired) electrons. The number of ether oxygens (including phenoxy) is 1. The zero-order chi connectivity index (χ0) is 22.7. The molecule has 1 atom stereocenters. The number of amides is 1. The molecule has 1 aromatic heterocycles.